The van der Waals surface area contributed by atoms with Crippen LogP contribution in [0.4, 0.5) is 24.5 Å². The van der Waals surface area contributed by atoms with Crippen molar-refractivity contribution in [2.75, 3.05) is 10.0 Å². The Balaban J connectivity index is 2.28. The largest absolute Gasteiger partial charge is 0.573 e. The van der Waals surface area contributed by atoms with Gasteiger partial charge in [-0.3, -0.25) is 9.52 Å². The maximum atomic E-state index is 12.7. The molecule has 166 valence electrons. The van der Waals surface area contributed by atoms with Gasteiger partial charge in [0.05, 0.1) is 11.3 Å². The van der Waals surface area contributed by atoms with Gasteiger partial charge in [-0.15, -0.1) is 13.2 Å². The predicted molar refractivity (Wildman–Crippen MR) is 105 cm³/mol. The Morgan fingerprint density at radius 2 is 1.84 bits per heavy atom. The molecule has 0 saturated heterocycles. The van der Waals surface area contributed by atoms with Gasteiger partial charge in [-0.2, -0.15) is 5.26 Å². The molecule has 1 amide bonds. The van der Waals surface area contributed by atoms with E-state index < -0.39 is 39.0 Å². The first-order chi connectivity index (χ1) is 14.3. The van der Waals surface area contributed by atoms with Crippen molar-refractivity contribution in [1.29, 1.82) is 5.26 Å². The van der Waals surface area contributed by atoms with E-state index in [2.05, 4.69) is 14.8 Å². The lowest BCUT2D eigenvalue weighted by atomic mass is 10.1. The number of aliphatic hydroxyl groups excluding tert-OH is 1. The van der Waals surface area contributed by atoms with E-state index in [1.807, 2.05) is 0 Å². The van der Waals surface area contributed by atoms with Crippen molar-refractivity contribution in [3.63, 3.8) is 0 Å². The van der Waals surface area contributed by atoms with Crippen molar-refractivity contribution in [1.82, 2.24) is 0 Å². The number of halogens is 3. The fourth-order valence-electron chi connectivity index (χ4n) is 2.42. The molecule has 0 aliphatic heterocycles. The second kappa shape index (κ2) is 9.23. The summed E-state index contributed by atoms with van der Waals surface area (Å²) in [4.78, 5) is 11.5. The van der Waals surface area contributed by atoms with Gasteiger partial charge in [0.25, 0.3) is 15.9 Å². The van der Waals surface area contributed by atoms with Crippen LogP contribution in [0, 0.1) is 17.2 Å². The lowest BCUT2D eigenvalue weighted by molar-refractivity contribution is -0.274. The number of hydrogen-bond acceptors (Lipinski definition) is 6. The molecule has 0 heterocycles. The van der Waals surface area contributed by atoms with Gasteiger partial charge in [0.2, 0.25) is 0 Å². The first-order valence-electron chi connectivity index (χ1n) is 8.74. The summed E-state index contributed by atoms with van der Waals surface area (Å²) in [5.74, 6) is -1.72. The molecular weight excluding hydrogens is 439 g/mol. The molecule has 12 heteroatoms. The SMILES string of the molecule is CC(C)[C@H](O)C(=O)Nc1ccc(S(=O)(=O)Nc2cccc(OC(F)(F)F)c2)c(C#N)c1. The first-order valence-corrected chi connectivity index (χ1v) is 10.2. The molecule has 2 rings (SSSR count). The van der Waals surface area contributed by atoms with Gasteiger partial charge in [-0.05, 0) is 36.2 Å². The van der Waals surface area contributed by atoms with Crippen molar-refractivity contribution < 1.29 is 36.2 Å². The summed E-state index contributed by atoms with van der Waals surface area (Å²) in [5, 5.41) is 21.5. The molecule has 0 unspecified atom stereocenters. The number of benzene rings is 2. The average Bonchev–Trinajstić information content (AvgIpc) is 2.65. The molecule has 1 atom stereocenters. The Hall–Kier alpha value is -3.30. The average molecular weight is 457 g/mol. The zero-order chi connectivity index (χ0) is 23.4. The number of hydrogen-bond donors (Lipinski definition) is 3. The normalized spacial score (nSPS) is 12.7. The van der Waals surface area contributed by atoms with Crippen LogP contribution < -0.4 is 14.8 Å². The number of carbonyl (C=O) groups excluding carboxylic acids is 1. The quantitative estimate of drug-likeness (QED) is 0.586. The smallest absolute Gasteiger partial charge is 0.406 e. The van der Waals surface area contributed by atoms with Crippen molar-refractivity contribution >= 4 is 27.3 Å². The van der Waals surface area contributed by atoms with Gasteiger partial charge in [-0.25, -0.2) is 8.42 Å². The highest BCUT2D eigenvalue weighted by molar-refractivity contribution is 7.92. The molecule has 0 spiro atoms. The number of nitriles is 1. The molecule has 0 saturated carbocycles. The summed E-state index contributed by atoms with van der Waals surface area (Å²) in [6.45, 7) is 3.25. The number of nitrogens with zero attached hydrogens (tertiary/aromatic N) is 1. The van der Waals surface area contributed by atoms with Crippen LogP contribution in [-0.4, -0.2) is 31.9 Å². The number of nitrogens with one attached hydrogen (secondary N) is 2. The van der Waals surface area contributed by atoms with Gasteiger partial charge >= 0.3 is 6.36 Å². The maximum absolute atomic E-state index is 12.7. The molecule has 0 aliphatic carbocycles. The molecule has 8 nitrogen and oxygen atoms in total. The standard InChI is InChI=1S/C19H18F3N3O5S/c1-11(2)17(26)18(27)24-13-6-7-16(12(8-13)10-23)31(28,29)25-14-4-3-5-15(9-14)30-19(20,21)22/h3-9,11,17,25-26H,1-2H3,(H,24,27)/t17-/m0/s1. The maximum Gasteiger partial charge on any atom is 0.573 e. The highest BCUT2D eigenvalue weighted by Crippen LogP contribution is 2.27. The molecule has 3 N–H and O–H groups in total. The van der Waals surface area contributed by atoms with Gasteiger partial charge in [-0.1, -0.05) is 19.9 Å². The number of carbonyl (C=O) groups is 1. The molecule has 0 aromatic heterocycles. The van der Waals surface area contributed by atoms with Crippen LogP contribution in [0.15, 0.2) is 47.4 Å². The Kier molecular flexibility index (Phi) is 7.14. The lowest BCUT2D eigenvalue weighted by Gasteiger charge is -2.15. The summed E-state index contributed by atoms with van der Waals surface area (Å²) >= 11 is 0. The van der Waals surface area contributed by atoms with Crippen LogP contribution in [0.2, 0.25) is 0 Å². The van der Waals surface area contributed by atoms with Crippen molar-refractivity contribution in [3.8, 4) is 11.8 Å². The van der Waals surface area contributed by atoms with E-state index in [1.54, 1.807) is 19.9 Å². The number of sulfonamides is 1. The fourth-order valence-corrected chi connectivity index (χ4v) is 3.60. The zero-order valence-electron chi connectivity index (χ0n) is 16.3. The molecule has 31 heavy (non-hydrogen) atoms. The van der Waals surface area contributed by atoms with E-state index in [9.17, 15) is 36.8 Å². The van der Waals surface area contributed by atoms with Gasteiger partial charge < -0.3 is 15.2 Å². The molecule has 0 radical (unpaired) electrons. The van der Waals surface area contributed by atoms with Gasteiger partial charge in [0, 0.05) is 11.8 Å². The number of ether oxygens (including phenoxy) is 1. The summed E-state index contributed by atoms with van der Waals surface area (Å²) in [6.07, 6.45) is -6.25. The summed E-state index contributed by atoms with van der Waals surface area (Å²) in [7, 11) is -4.36. The molecule has 0 aliphatic rings. The van der Waals surface area contributed by atoms with Crippen LogP contribution in [0.1, 0.15) is 19.4 Å². The number of aliphatic hydroxyl groups is 1. The third-order valence-electron chi connectivity index (χ3n) is 3.88. The summed E-state index contributed by atoms with van der Waals surface area (Å²) < 4.78 is 68.2. The minimum Gasteiger partial charge on any atom is -0.406 e. The summed E-state index contributed by atoms with van der Waals surface area (Å²) in [6, 6.07) is 9.24. The Morgan fingerprint density at radius 3 is 2.42 bits per heavy atom. The first kappa shape index (κ1) is 24.0. The van der Waals surface area contributed by atoms with Crippen molar-refractivity contribution in [2.45, 2.75) is 31.2 Å². The molecule has 2 aromatic carbocycles. The van der Waals surface area contributed by atoms with Crippen molar-refractivity contribution in [2.24, 2.45) is 5.92 Å². The highest BCUT2D eigenvalue weighted by atomic mass is 32.2. The van der Waals surface area contributed by atoms with Crippen molar-refractivity contribution in [3.05, 3.63) is 48.0 Å². The second-order valence-corrected chi connectivity index (χ2v) is 8.33. The van der Waals surface area contributed by atoms with E-state index in [4.69, 9.17) is 0 Å². The number of rotatable bonds is 7. The van der Waals surface area contributed by atoms with E-state index in [0.717, 1.165) is 30.3 Å². The molecular formula is C19H18F3N3O5S. The molecule has 0 fully saturated rings. The third-order valence-corrected chi connectivity index (χ3v) is 5.32. The number of alkyl halides is 3. The number of amides is 1. The Labute approximate surface area is 176 Å². The van der Waals surface area contributed by atoms with Crippen LogP contribution in [-0.2, 0) is 14.8 Å². The second-order valence-electron chi connectivity index (χ2n) is 6.68. The molecule has 0 bridgehead atoms. The third kappa shape index (κ3) is 6.59. The van der Waals surface area contributed by atoms with E-state index >= 15 is 0 Å². The van der Waals surface area contributed by atoms with E-state index in [-0.39, 0.29) is 22.9 Å². The minimum atomic E-state index is -4.95. The fraction of sp³-hybridized carbons (Fsp3) is 0.263. The van der Waals surface area contributed by atoms with Gasteiger partial charge in [0.15, 0.2) is 0 Å². The van der Waals surface area contributed by atoms with Crippen LogP contribution in [0.5, 0.6) is 5.75 Å². The summed E-state index contributed by atoms with van der Waals surface area (Å²) in [5.41, 5.74) is -0.462. The highest BCUT2D eigenvalue weighted by Gasteiger charge is 2.31. The van der Waals surface area contributed by atoms with E-state index in [1.165, 1.54) is 12.1 Å². The van der Waals surface area contributed by atoms with Crippen LogP contribution >= 0.6 is 0 Å². The monoisotopic (exact) mass is 457 g/mol. The minimum absolute atomic E-state index is 0.0841. The Morgan fingerprint density at radius 1 is 1.16 bits per heavy atom. The van der Waals surface area contributed by atoms with Crippen LogP contribution in [0.25, 0.3) is 0 Å². The van der Waals surface area contributed by atoms with E-state index in [0.29, 0.717) is 0 Å². The van der Waals surface area contributed by atoms with Crippen LogP contribution in [0.3, 0.4) is 0 Å². The topological polar surface area (TPSA) is 129 Å². The Bertz CT molecular complexity index is 1110. The zero-order valence-corrected chi connectivity index (χ0v) is 17.1. The lowest BCUT2D eigenvalue weighted by Crippen LogP contribution is -2.31. The molecule has 2 aromatic rings. The van der Waals surface area contributed by atoms with Gasteiger partial charge in [0.1, 0.15) is 22.8 Å². The number of anilines is 2. The predicted octanol–water partition coefficient (Wildman–Crippen LogP) is 3.21.